The molecule has 11 heteroatoms. The Morgan fingerprint density at radius 1 is 1.16 bits per heavy atom. The van der Waals surface area contributed by atoms with E-state index >= 15 is 0 Å². The van der Waals surface area contributed by atoms with Crippen LogP contribution < -0.4 is 14.9 Å². The Balaban J connectivity index is 2.27. The van der Waals surface area contributed by atoms with E-state index in [-0.39, 0.29) is 27.7 Å². The van der Waals surface area contributed by atoms with Crippen LogP contribution >= 0.6 is 11.6 Å². The fraction of sp³-hybridized carbons (Fsp3) is 0.150. The van der Waals surface area contributed by atoms with Crippen LogP contribution in [0.5, 0.6) is 0 Å². The van der Waals surface area contributed by atoms with Crippen molar-refractivity contribution in [3.05, 3.63) is 71.8 Å². The zero-order chi connectivity index (χ0) is 23.0. The van der Waals surface area contributed by atoms with Crippen molar-refractivity contribution < 1.29 is 27.5 Å². The Kier molecular flexibility index (Phi) is 8.17. The molecular formula is C20H20ClN3O6S. The Bertz CT molecular complexity index is 1100. The van der Waals surface area contributed by atoms with Crippen molar-refractivity contribution >= 4 is 45.2 Å². The number of carbonyl (C=O) groups is 3. The number of amides is 3. The first-order valence-corrected chi connectivity index (χ1v) is 10.7. The predicted molar refractivity (Wildman–Crippen MR) is 116 cm³/mol. The van der Waals surface area contributed by atoms with E-state index in [9.17, 15) is 22.8 Å². The van der Waals surface area contributed by atoms with Crippen LogP contribution in [0.2, 0.25) is 5.02 Å². The molecule has 9 nitrogen and oxygen atoms in total. The summed E-state index contributed by atoms with van der Waals surface area (Å²) in [7, 11) is -2.79. The zero-order valence-corrected chi connectivity index (χ0v) is 18.1. The summed E-state index contributed by atoms with van der Waals surface area (Å²) in [4.78, 5) is 34.7. The van der Waals surface area contributed by atoms with Crippen molar-refractivity contribution in [2.75, 3.05) is 24.5 Å². The molecule has 2 aromatic rings. The van der Waals surface area contributed by atoms with Gasteiger partial charge >= 0.3 is 12.0 Å². The molecule has 0 saturated heterocycles. The van der Waals surface area contributed by atoms with Gasteiger partial charge in [-0.15, -0.1) is 6.58 Å². The van der Waals surface area contributed by atoms with Crippen LogP contribution in [0.4, 0.5) is 10.5 Å². The van der Waals surface area contributed by atoms with E-state index in [0.29, 0.717) is 0 Å². The van der Waals surface area contributed by atoms with E-state index in [1.807, 2.05) is 5.32 Å². The highest BCUT2D eigenvalue weighted by Gasteiger charge is 2.26. The third-order valence-electron chi connectivity index (χ3n) is 3.89. The van der Waals surface area contributed by atoms with Gasteiger partial charge in [-0.2, -0.15) is 0 Å². The number of rotatable bonds is 8. The maximum atomic E-state index is 13.2. The number of hydrogen-bond donors (Lipinski definition) is 2. The second-order valence-electron chi connectivity index (χ2n) is 6.01. The number of halogens is 1. The average Bonchev–Trinajstić information content (AvgIpc) is 2.76. The summed E-state index contributed by atoms with van der Waals surface area (Å²) in [5, 5.41) is 4.34. The summed E-state index contributed by atoms with van der Waals surface area (Å²) in [6.07, 6.45) is 1.41. The van der Waals surface area contributed by atoms with E-state index in [4.69, 9.17) is 16.3 Å². The van der Waals surface area contributed by atoms with Gasteiger partial charge in [0.1, 0.15) is 0 Å². The van der Waals surface area contributed by atoms with Gasteiger partial charge in [0.15, 0.2) is 6.61 Å². The number of urea groups is 1. The molecule has 164 valence electrons. The number of nitrogens with one attached hydrogen (secondary N) is 2. The number of carbonyl (C=O) groups excluding carboxylic acids is 3. The molecule has 2 aromatic carbocycles. The Morgan fingerprint density at radius 3 is 2.52 bits per heavy atom. The van der Waals surface area contributed by atoms with Gasteiger partial charge in [0.05, 0.1) is 27.7 Å². The van der Waals surface area contributed by atoms with E-state index in [1.54, 1.807) is 24.3 Å². The molecule has 0 aliphatic heterocycles. The maximum Gasteiger partial charge on any atom is 0.338 e. The first-order valence-electron chi connectivity index (χ1n) is 8.87. The monoisotopic (exact) mass is 465 g/mol. The molecular weight excluding hydrogens is 446 g/mol. The van der Waals surface area contributed by atoms with E-state index < -0.39 is 34.5 Å². The molecule has 3 amide bonds. The van der Waals surface area contributed by atoms with Gasteiger partial charge in [-0.1, -0.05) is 35.9 Å². The number of ether oxygens (including phenoxy) is 1. The first kappa shape index (κ1) is 23.9. The van der Waals surface area contributed by atoms with Gasteiger partial charge in [-0.05, 0) is 30.3 Å². The van der Waals surface area contributed by atoms with Gasteiger partial charge in [-0.3, -0.25) is 14.4 Å². The lowest BCUT2D eigenvalue weighted by molar-refractivity contribution is -0.123. The van der Waals surface area contributed by atoms with E-state index in [2.05, 4.69) is 11.9 Å². The van der Waals surface area contributed by atoms with E-state index in [0.717, 1.165) is 10.4 Å². The second-order valence-corrected chi connectivity index (χ2v) is 8.28. The van der Waals surface area contributed by atoms with Gasteiger partial charge in [0.25, 0.3) is 15.9 Å². The molecule has 0 bridgehead atoms. The lowest BCUT2D eigenvalue weighted by atomic mass is 10.2. The number of imide groups is 1. The number of esters is 1. The van der Waals surface area contributed by atoms with Crippen LogP contribution in [0.25, 0.3) is 0 Å². The lowest BCUT2D eigenvalue weighted by Crippen LogP contribution is -2.39. The summed E-state index contributed by atoms with van der Waals surface area (Å²) < 4.78 is 32.4. The Labute approximate surface area is 184 Å². The number of para-hydroxylation sites is 1. The maximum absolute atomic E-state index is 13.2. The van der Waals surface area contributed by atoms with Crippen molar-refractivity contribution in [1.29, 1.82) is 0 Å². The standard InChI is InChI=1S/C20H20ClN3O6S/c1-3-11-24(17-10-5-4-9-16(17)21)31(28,29)15-8-6-7-14(12-15)19(26)30-13-18(25)23-20(27)22-2/h3-10,12H,1,11,13H2,2H3,(H2,22,23,25,27). The van der Waals surface area contributed by atoms with Crippen molar-refractivity contribution in [3.8, 4) is 0 Å². The molecule has 0 aromatic heterocycles. The number of anilines is 1. The first-order chi connectivity index (χ1) is 14.7. The van der Waals surface area contributed by atoms with E-state index in [1.165, 1.54) is 31.3 Å². The van der Waals surface area contributed by atoms with Gasteiger partial charge in [0, 0.05) is 7.05 Å². The summed E-state index contributed by atoms with van der Waals surface area (Å²) in [6.45, 7) is 2.81. The van der Waals surface area contributed by atoms with Gasteiger partial charge in [-0.25, -0.2) is 18.0 Å². The normalized spacial score (nSPS) is 10.6. The zero-order valence-electron chi connectivity index (χ0n) is 16.5. The van der Waals surface area contributed by atoms with Crippen LogP contribution in [-0.4, -0.2) is 46.5 Å². The third kappa shape index (κ3) is 6.06. The molecule has 0 aliphatic rings. The highest BCUT2D eigenvalue weighted by Crippen LogP contribution is 2.30. The number of benzene rings is 2. The minimum atomic E-state index is -4.11. The highest BCUT2D eigenvalue weighted by atomic mass is 35.5. The molecule has 0 heterocycles. The highest BCUT2D eigenvalue weighted by molar-refractivity contribution is 7.92. The molecule has 2 rings (SSSR count). The molecule has 0 unspecified atom stereocenters. The molecule has 0 fully saturated rings. The van der Waals surface area contributed by atoms with Crippen LogP contribution in [0.15, 0.2) is 66.1 Å². The van der Waals surface area contributed by atoms with Crippen LogP contribution in [0.3, 0.4) is 0 Å². The molecule has 0 aliphatic carbocycles. The van der Waals surface area contributed by atoms with Crippen LogP contribution in [0.1, 0.15) is 10.4 Å². The fourth-order valence-electron chi connectivity index (χ4n) is 2.45. The van der Waals surface area contributed by atoms with Gasteiger partial charge < -0.3 is 10.1 Å². The predicted octanol–water partition coefficient (Wildman–Crippen LogP) is 2.33. The molecule has 31 heavy (non-hydrogen) atoms. The molecule has 2 N–H and O–H groups in total. The number of sulfonamides is 1. The molecule has 0 spiro atoms. The Morgan fingerprint density at radius 2 is 1.87 bits per heavy atom. The minimum absolute atomic E-state index is 0.0552. The fourth-order valence-corrected chi connectivity index (χ4v) is 4.24. The SMILES string of the molecule is C=CCN(c1ccccc1Cl)S(=O)(=O)c1cccc(C(=O)OCC(=O)NC(=O)NC)c1. The molecule has 0 saturated carbocycles. The largest absolute Gasteiger partial charge is 0.452 e. The average molecular weight is 466 g/mol. The number of hydrogen-bond acceptors (Lipinski definition) is 6. The second kappa shape index (κ2) is 10.6. The summed E-state index contributed by atoms with van der Waals surface area (Å²) in [5.74, 6) is -1.77. The van der Waals surface area contributed by atoms with Crippen molar-refractivity contribution in [3.63, 3.8) is 0 Å². The van der Waals surface area contributed by atoms with Crippen LogP contribution in [-0.2, 0) is 19.6 Å². The Hall–Kier alpha value is -3.37. The lowest BCUT2D eigenvalue weighted by Gasteiger charge is -2.24. The van der Waals surface area contributed by atoms with Crippen molar-refractivity contribution in [1.82, 2.24) is 10.6 Å². The molecule has 0 radical (unpaired) electrons. The summed E-state index contributed by atoms with van der Waals surface area (Å²) >= 11 is 6.17. The van der Waals surface area contributed by atoms with Crippen LogP contribution in [0, 0.1) is 0 Å². The van der Waals surface area contributed by atoms with Crippen molar-refractivity contribution in [2.24, 2.45) is 0 Å². The smallest absolute Gasteiger partial charge is 0.338 e. The number of nitrogens with zero attached hydrogens (tertiary/aromatic N) is 1. The molecule has 0 atom stereocenters. The van der Waals surface area contributed by atoms with Crippen molar-refractivity contribution in [2.45, 2.75) is 4.90 Å². The summed E-state index contributed by atoms with van der Waals surface area (Å²) in [6, 6.07) is 10.8. The summed E-state index contributed by atoms with van der Waals surface area (Å²) in [5.41, 5.74) is 0.162. The quantitative estimate of drug-likeness (QED) is 0.455. The topological polar surface area (TPSA) is 122 Å². The minimum Gasteiger partial charge on any atom is -0.452 e. The third-order valence-corrected chi connectivity index (χ3v) is 5.98. The van der Waals surface area contributed by atoms with Gasteiger partial charge in [0.2, 0.25) is 0 Å².